The summed E-state index contributed by atoms with van der Waals surface area (Å²) in [6, 6.07) is 6.28. The number of carbonyl (C=O) groups excluding carboxylic acids is 1. The molecule has 1 atom stereocenters. The van der Waals surface area contributed by atoms with Crippen molar-refractivity contribution in [1.82, 2.24) is 0 Å². The van der Waals surface area contributed by atoms with E-state index in [9.17, 15) is 9.59 Å². The van der Waals surface area contributed by atoms with E-state index in [4.69, 9.17) is 10.2 Å². The van der Waals surface area contributed by atoms with E-state index >= 15 is 0 Å². The second-order valence-corrected chi connectivity index (χ2v) is 6.79. The molecule has 1 aliphatic carbocycles. The molecule has 128 valence electrons. The molecule has 0 saturated heterocycles. The standard InChI is InChI=1S/C19H24N2O3/c1-12-9-18(22)24-17-11-14(7-8-15(12)17)21-19(23)16(20)10-13-5-3-2-4-6-13/h7-9,11,13,16H,2-6,10,20H2,1H3,(H,21,23)/t16-/m0/s1. The molecular weight excluding hydrogens is 304 g/mol. The van der Waals surface area contributed by atoms with E-state index in [2.05, 4.69) is 5.32 Å². The maximum atomic E-state index is 12.3. The molecule has 3 N–H and O–H groups in total. The number of rotatable bonds is 4. The van der Waals surface area contributed by atoms with Crippen LogP contribution in [0.3, 0.4) is 0 Å². The van der Waals surface area contributed by atoms with Crippen molar-refractivity contribution in [3.8, 4) is 0 Å². The van der Waals surface area contributed by atoms with Crippen molar-refractivity contribution in [2.45, 2.75) is 51.5 Å². The number of anilines is 1. The Morgan fingerprint density at radius 3 is 2.79 bits per heavy atom. The fourth-order valence-corrected chi connectivity index (χ4v) is 3.53. The van der Waals surface area contributed by atoms with Crippen LogP contribution >= 0.6 is 0 Å². The number of aryl methyl sites for hydroxylation is 1. The van der Waals surface area contributed by atoms with Gasteiger partial charge in [-0.2, -0.15) is 0 Å². The molecule has 1 aromatic carbocycles. The minimum absolute atomic E-state index is 0.185. The number of benzene rings is 1. The van der Waals surface area contributed by atoms with Gasteiger partial charge in [0.05, 0.1) is 6.04 Å². The molecule has 1 aliphatic rings. The van der Waals surface area contributed by atoms with E-state index in [1.54, 1.807) is 12.1 Å². The number of nitrogens with one attached hydrogen (secondary N) is 1. The molecule has 1 amide bonds. The molecule has 1 aromatic heterocycles. The van der Waals surface area contributed by atoms with Gasteiger partial charge >= 0.3 is 5.63 Å². The topological polar surface area (TPSA) is 85.3 Å². The Balaban J connectivity index is 1.69. The summed E-state index contributed by atoms with van der Waals surface area (Å²) in [5.74, 6) is 0.367. The summed E-state index contributed by atoms with van der Waals surface area (Å²) in [5, 5.41) is 3.70. The number of fused-ring (bicyclic) bond motifs is 1. The lowest BCUT2D eigenvalue weighted by molar-refractivity contribution is -0.117. The molecule has 0 aliphatic heterocycles. The summed E-state index contributed by atoms with van der Waals surface area (Å²) in [7, 11) is 0. The van der Waals surface area contributed by atoms with E-state index in [0.717, 1.165) is 17.4 Å². The third-order valence-corrected chi connectivity index (χ3v) is 4.87. The van der Waals surface area contributed by atoms with Crippen molar-refractivity contribution in [2.75, 3.05) is 5.32 Å². The molecule has 0 bridgehead atoms. The molecule has 0 unspecified atom stereocenters. The summed E-state index contributed by atoms with van der Waals surface area (Å²) in [6.07, 6.45) is 6.83. The highest BCUT2D eigenvalue weighted by Gasteiger charge is 2.21. The summed E-state index contributed by atoms with van der Waals surface area (Å²) < 4.78 is 5.21. The average Bonchev–Trinajstić information content (AvgIpc) is 2.55. The van der Waals surface area contributed by atoms with Crippen LogP contribution in [0.4, 0.5) is 5.69 Å². The summed E-state index contributed by atoms with van der Waals surface area (Å²) in [6.45, 7) is 1.86. The Morgan fingerprint density at radius 2 is 2.04 bits per heavy atom. The molecule has 5 nitrogen and oxygen atoms in total. The van der Waals surface area contributed by atoms with Crippen molar-refractivity contribution < 1.29 is 9.21 Å². The minimum Gasteiger partial charge on any atom is -0.423 e. The van der Waals surface area contributed by atoms with Gasteiger partial charge in [-0.05, 0) is 37.0 Å². The number of amides is 1. The SMILES string of the molecule is Cc1cc(=O)oc2cc(NC(=O)[C@@H](N)CC3CCCCC3)ccc12. The smallest absolute Gasteiger partial charge is 0.336 e. The molecule has 24 heavy (non-hydrogen) atoms. The maximum Gasteiger partial charge on any atom is 0.336 e. The number of hydrogen-bond acceptors (Lipinski definition) is 4. The number of carbonyl (C=O) groups is 1. The third kappa shape index (κ3) is 3.85. The Kier molecular flexibility index (Phi) is 5.00. The van der Waals surface area contributed by atoms with Crippen LogP contribution in [0.25, 0.3) is 11.0 Å². The number of nitrogens with two attached hydrogens (primary N) is 1. The van der Waals surface area contributed by atoms with Crippen LogP contribution in [0.1, 0.15) is 44.1 Å². The zero-order valence-corrected chi connectivity index (χ0v) is 14.0. The van der Waals surface area contributed by atoms with Gasteiger partial charge in [-0.25, -0.2) is 4.79 Å². The minimum atomic E-state index is -0.506. The van der Waals surface area contributed by atoms with E-state index in [-0.39, 0.29) is 5.91 Å². The molecule has 0 spiro atoms. The molecule has 3 rings (SSSR count). The second-order valence-electron chi connectivity index (χ2n) is 6.79. The molecule has 1 fully saturated rings. The largest absolute Gasteiger partial charge is 0.423 e. The monoisotopic (exact) mass is 328 g/mol. The van der Waals surface area contributed by atoms with Crippen LogP contribution in [0.15, 0.2) is 33.5 Å². The van der Waals surface area contributed by atoms with Crippen molar-refractivity contribution >= 4 is 22.6 Å². The van der Waals surface area contributed by atoms with Gasteiger partial charge in [-0.3, -0.25) is 4.79 Å². The molecule has 0 radical (unpaired) electrons. The lowest BCUT2D eigenvalue weighted by Crippen LogP contribution is -2.37. The zero-order valence-electron chi connectivity index (χ0n) is 14.0. The Hall–Kier alpha value is -2.14. The van der Waals surface area contributed by atoms with Crippen LogP contribution < -0.4 is 16.7 Å². The Morgan fingerprint density at radius 1 is 1.29 bits per heavy atom. The van der Waals surface area contributed by atoms with Crippen LogP contribution in [-0.2, 0) is 4.79 Å². The van der Waals surface area contributed by atoms with E-state index in [1.807, 2.05) is 13.0 Å². The quantitative estimate of drug-likeness (QED) is 0.843. The molecule has 5 heteroatoms. The van der Waals surface area contributed by atoms with Crippen molar-refractivity contribution in [3.63, 3.8) is 0 Å². The van der Waals surface area contributed by atoms with Crippen LogP contribution in [0.5, 0.6) is 0 Å². The van der Waals surface area contributed by atoms with Crippen molar-refractivity contribution in [3.05, 3.63) is 40.2 Å². The van der Waals surface area contributed by atoms with Gasteiger partial charge in [0.2, 0.25) is 5.91 Å². The summed E-state index contributed by atoms with van der Waals surface area (Å²) in [5.41, 5.74) is 7.60. The first kappa shape index (κ1) is 16.7. The fourth-order valence-electron chi connectivity index (χ4n) is 3.53. The van der Waals surface area contributed by atoms with Crippen LogP contribution in [0.2, 0.25) is 0 Å². The highest BCUT2D eigenvalue weighted by molar-refractivity contribution is 5.96. The molecular formula is C19H24N2O3. The Bertz CT molecular complexity index is 791. The lowest BCUT2D eigenvalue weighted by Gasteiger charge is -2.24. The first-order chi connectivity index (χ1) is 11.5. The van der Waals surface area contributed by atoms with Gasteiger partial charge in [-0.15, -0.1) is 0 Å². The third-order valence-electron chi connectivity index (χ3n) is 4.87. The van der Waals surface area contributed by atoms with Gasteiger partial charge in [0.1, 0.15) is 5.58 Å². The lowest BCUT2D eigenvalue weighted by atomic mass is 9.85. The average molecular weight is 328 g/mol. The summed E-state index contributed by atoms with van der Waals surface area (Å²) >= 11 is 0. The fraction of sp³-hybridized carbons (Fsp3) is 0.474. The van der Waals surface area contributed by atoms with Crippen LogP contribution in [-0.4, -0.2) is 11.9 Å². The molecule has 2 aromatic rings. The Labute approximate surface area is 141 Å². The van der Waals surface area contributed by atoms with Crippen molar-refractivity contribution in [1.29, 1.82) is 0 Å². The zero-order chi connectivity index (χ0) is 17.1. The maximum absolute atomic E-state index is 12.3. The molecule has 1 heterocycles. The van der Waals surface area contributed by atoms with Gasteiger partial charge < -0.3 is 15.5 Å². The number of hydrogen-bond donors (Lipinski definition) is 2. The predicted octanol–water partition coefficient (Wildman–Crippen LogP) is 3.34. The van der Waals surface area contributed by atoms with Crippen LogP contribution in [0, 0.1) is 12.8 Å². The normalized spacial score (nSPS) is 16.9. The van der Waals surface area contributed by atoms with E-state index in [0.29, 0.717) is 17.2 Å². The van der Waals surface area contributed by atoms with E-state index < -0.39 is 11.7 Å². The summed E-state index contributed by atoms with van der Waals surface area (Å²) in [4.78, 5) is 23.8. The van der Waals surface area contributed by atoms with Gasteiger partial charge in [0.15, 0.2) is 0 Å². The first-order valence-electron chi connectivity index (χ1n) is 8.64. The van der Waals surface area contributed by atoms with Gasteiger partial charge in [-0.1, -0.05) is 32.1 Å². The molecule has 1 saturated carbocycles. The van der Waals surface area contributed by atoms with Gasteiger partial charge in [0.25, 0.3) is 0 Å². The highest BCUT2D eigenvalue weighted by atomic mass is 16.4. The highest BCUT2D eigenvalue weighted by Crippen LogP contribution is 2.27. The van der Waals surface area contributed by atoms with Crippen molar-refractivity contribution in [2.24, 2.45) is 11.7 Å². The van der Waals surface area contributed by atoms with E-state index in [1.165, 1.54) is 38.2 Å². The van der Waals surface area contributed by atoms with Gasteiger partial charge in [0, 0.05) is 23.2 Å². The second kappa shape index (κ2) is 7.18. The first-order valence-corrected chi connectivity index (χ1v) is 8.64. The predicted molar refractivity (Wildman–Crippen MR) is 95.0 cm³/mol.